The van der Waals surface area contributed by atoms with E-state index in [0.717, 1.165) is 31.0 Å². The van der Waals surface area contributed by atoms with Gasteiger partial charge in [0, 0.05) is 32.2 Å². The summed E-state index contributed by atoms with van der Waals surface area (Å²) in [6, 6.07) is 2.80. The molecule has 0 atom stereocenters. The van der Waals surface area contributed by atoms with Crippen molar-refractivity contribution in [3.8, 4) is 0 Å². The van der Waals surface area contributed by atoms with Crippen LogP contribution in [0.3, 0.4) is 0 Å². The van der Waals surface area contributed by atoms with Crippen molar-refractivity contribution >= 4 is 11.3 Å². The Balaban J connectivity index is 1.93. The van der Waals surface area contributed by atoms with Crippen LogP contribution in [0.5, 0.6) is 0 Å². The summed E-state index contributed by atoms with van der Waals surface area (Å²) in [5, 5.41) is 12.9. The predicted molar refractivity (Wildman–Crippen MR) is 88.4 cm³/mol. The van der Waals surface area contributed by atoms with Crippen molar-refractivity contribution in [3.05, 3.63) is 18.1 Å². The quantitative estimate of drug-likeness (QED) is 0.869. The molecular weight excluding hydrogens is 276 g/mol. The third-order valence-electron chi connectivity index (χ3n) is 4.46. The molecule has 0 unspecified atom stereocenters. The first kappa shape index (κ1) is 15.2. The highest BCUT2D eigenvalue weighted by molar-refractivity contribution is 5.68. The van der Waals surface area contributed by atoms with Gasteiger partial charge in [-0.3, -0.25) is 4.90 Å². The number of nitrogens with zero attached hydrogens (tertiary/aromatic N) is 6. The maximum absolute atomic E-state index is 4.61. The SMILES string of the molecule is CC(C)c1cc(N2CCCN(C(C)C)CC2)c2nncn2n1. The van der Waals surface area contributed by atoms with Gasteiger partial charge in [-0.25, -0.2) is 0 Å². The van der Waals surface area contributed by atoms with Crippen molar-refractivity contribution in [1.29, 1.82) is 0 Å². The van der Waals surface area contributed by atoms with Gasteiger partial charge in [0.25, 0.3) is 0 Å². The number of anilines is 1. The Hall–Kier alpha value is -1.69. The average Bonchev–Trinajstić information content (AvgIpc) is 2.81. The highest BCUT2D eigenvalue weighted by Gasteiger charge is 2.20. The van der Waals surface area contributed by atoms with Crippen LogP contribution in [0.4, 0.5) is 5.69 Å². The van der Waals surface area contributed by atoms with Gasteiger partial charge in [0.1, 0.15) is 6.33 Å². The summed E-state index contributed by atoms with van der Waals surface area (Å²) in [5.41, 5.74) is 3.12. The van der Waals surface area contributed by atoms with Crippen molar-refractivity contribution in [2.24, 2.45) is 0 Å². The van der Waals surface area contributed by atoms with Crippen LogP contribution in [0, 0.1) is 0 Å². The second-order valence-corrected chi connectivity index (χ2v) is 6.68. The van der Waals surface area contributed by atoms with Crippen molar-refractivity contribution in [2.45, 2.75) is 46.1 Å². The van der Waals surface area contributed by atoms with Crippen LogP contribution >= 0.6 is 0 Å². The highest BCUT2D eigenvalue weighted by Crippen LogP contribution is 2.25. The zero-order valence-corrected chi connectivity index (χ0v) is 14.0. The molecule has 0 saturated carbocycles. The molecule has 0 spiro atoms. The van der Waals surface area contributed by atoms with Gasteiger partial charge in [-0.15, -0.1) is 10.2 Å². The summed E-state index contributed by atoms with van der Waals surface area (Å²) in [6.45, 7) is 13.2. The Bertz CT molecular complexity index is 633. The fourth-order valence-corrected chi connectivity index (χ4v) is 3.04. The summed E-state index contributed by atoms with van der Waals surface area (Å²) < 4.78 is 1.82. The van der Waals surface area contributed by atoms with Gasteiger partial charge in [0.05, 0.1) is 11.4 Å². The van der Waals surface area contributed by atoms with Gasteiger partial charge in [-0.2, -0.15) is 9.61 Å². The third-order valence-corrected chi connectivity index (χ3v) is 4.46. The Morgan fingerprint density at radius 3 is 2.59 bits per heavy atom. The molecule has 1 aliphatic heterocycles. The van der Waals surface area contributed by atoms with Crippen LogP contribution in [0.1, 0.15) is 45.7 Å². The van der Waals surface area contributed by atoms with Crippen LogP contribution < -0.4 is 4.90 Å². The van der Waals surface area contributed by atoms with Crippen LogP contribution in [-0.2, 0) is 0 Å². The van der Waals surface area contributed by atoms with Crippen molar-refractivity contribution in [1.82, 2.24) is 24.7 Å². The molecule has 22 heavy (non-hydrogen) atoms. The van der Waals surface area contributed by atoms with E-state index in [-0.39, 0.29) is 0 Å². The summed E-state index contributed by atoms with van der Waals surface area (Å²) in [7, 11) is 0. The van der Waals surface area contributed by atoms with E-state index in [1.807, 2.05) is 4.52 Å². The van der Waals surface area contributed by atoms with E-state index < -0.39 is 0 Å². The van der Waals surface area contributed by atoms with Gasteiger partial charge in [0.2, 0.25) is 5.65 Å². The lowest BCUT2D eigenvalue weighted by Gasteiger charge is -2.26. The lowest BCUT2D eigenvalue weighted by molar-refractivity contribution is 0.238. The molecule has 1 aliphatic rings. The minimum atomic E-state index is 0.393. The fraction of sp³-hybridized carbons (Fsp3) is 0.688. The molecule has 2 aromatic rings. The van der Waals surface area contributed by atoms with Gasteiger partial charge in [-0.05, 0) is 32.3 Å². The molecule has 1 saturated heterocycles. The second kappa shape index (κ2) is 6.20. The van der Waals surface area contributed by atoms with E-state index in [2.05, 4.69) is 58.9 Å². The van der Waals surface area contributed by atoms with E-state index in [1.54, 1.807) is 6.33 Å². The number of hydrogen-bond donors (Lipinski definition) is 0. The van der Waals surface area contributed by atoms with Gasteiger partial charge < -0.3 is 4.90 Å². The summed E-state index contributed by atoms with van der Waals surface area (Å²) in [4.78, 5) is 4.99. The van der Waals surface area contributed by atoms with E-state index in [0.29, 0.717) is 12.0 Å². The normalized spacial score (nSPS) is 17.6. The maximum Gasteiger partial charge on any atom is 0.200 e. The molecule has 6 nitrogen and oxygen atoms in total. The fourth-order valence-electron chi connectivity index (χ4n) is 3.04. The summed E-state index contributed by atoms with van der Waals surface area (Å²) >= 11 is 0. The minimum Gasteiger partial charge on any atom is -0.367 e. The van der Waals surface area contributed by atoms with Crippen LogP contribution in [0.2, 0.25) is 0 Å². The first-order valence-corrected chi connectivity index (χ1v) is 8.26. The Kier molecular flexibility index (Phi) is 4.29. The molecule has 0 aromatic carbocycles. The van der Waals surface area contributed by atoms with Gasteiger partial charge >= 0.3 is 0 Å². The Labute approximate surface area is 132 Å². The molecular formula is C16H26N6. The van der Waals surface area contributed by atoms with Crippen LogP contribution in [0.15, 0.2) is 12.4 Å². The minimum absolute atomic E-state index is 0.393. The maximum atomic E-state index is 4.61. The summed E-state index contributed by atoms with van der Waals surface area (Å²) in [5.74, 6) is 0.393. The average molecular weight is 302 g/mol. The predicted octanol–water partition coefficient (Wildman–Crippen LogP) is 2.17. The van der Waals surface area contributed by atoms with E-state index in [9.17, 15) is 0 Å². The third kappa shape index (κ3) is 2.92. The molecule has 0 radical (unpaired) electrons. The molecule has 2 aromatic heterocycles. The number of rotatable bonds is 3. The molecule has 0 N–H and O–H groups in total. The molecule has 3 heterocycles. The second-order valence-electron chi connectivity index (χ2n) is 6.68. The molecule has 0 bridgehead atoms. The van der Waals surface area contributed by atoms with Gasteiger partial charge in [-0.1, -0.05) is 13.8 Å². The molecule has 1 fully saturated rings. The standard InChI is InChI=1S/C16H26N6/c1-12(2)14-10-15(16-18-17-11-22(16)19-14)21-7-5-6-20(8-9-21)13(3)4/h10-13H,5-9H2,1-4H3. The van der Waals surface area contributed by atoms with E-state index in [1.165, 1.54) is 18.7 Å². The molecule has 6 heteroatoms. The van der Waals surface area contributed by atoms with E-state index in [4.69, 9.17) is 0 Å². The van der Waals surface area contributed by atoms with Crippen molar-refractivity contribution in [3.63, 3.8) is 0 Å². The number of fused-ring (bicyclic) bond motifs is 1. The molecule has 3 rings (SSSR count). The largest absolute Gasteiger partial charge is 0.367 e. The first-order valence-electron chi connectivity index (χ1n) is 8.26. The lowest BCUT2D eigenvalue weighted by atomic mass is 10.1. The molecule has 0 amide bonds. The topological polar surface area (TPSA) is 49.6 Å². The zero-order chi connectivity index (χ0) is 15.7. The van der Waals surface area contributed by atoms with Gasteiger partial charge in [0.15, 0.2) is 0 Å². The number of aromatic nitrogens is 4. The molecule has 120 valence electrons. The van der Waals surface area contributed by atoms with Crippen LogP contribution in [0.25, 0.3) is 5.65 Å². The smallest absolute Gasteiger partial charge is 0.200 e. The lowest BCUT2D eigenvalue weighted by Crippen LogP contribution is -2.35. The van der Waals surface area contributed by atoms with Crippen LogP contribution in [-0.4, -0.2) is 56.9 Å². The molecule has 0 aliphatic carbocycles. The Morgan fingerprint density at radius 1 is 1.05 bits per heavy atom. The van der Waals surface area contributed by atoms with Crippen molar-refractivity contribution < 1.29 is 0 Å². The Morgan fingerprint density at radius 2 is 1.86 bits per heavy atom. The first-order chi connectivity index (χ1) is 10.6. The monoisotopic (exact) mass is 302 g/mol. The zero-order valence-electron chi connectivity index (χ0n) is 14.0. The summed E-state index contributed by atoms with van der Waals surface area (Å²) in [6.07, 6.45) is 2.88. The van der Waals surface area contributed by atoms with E-state index >= 15 is 0 Å². The van der Waals surface area contributed by atoms with Crippen molar-refractivity contribution in [2.75, 3.05) is 31.1 Å². The number of hydrogen-bond acceptors (Lipinski definition) is 5. The highest BCUT2D eigenvalue weighted by atomic mass is 15.4.